The van der Waals surface area contributed by atoms with Crippen molar-refractivity contribution >= 4 is 40.9 Å². The van der Waals surface area contributed by atoms with E-state index in [9.17, 15) is 14.4 Å². The minimum atomic E-state index is -1.06. The molecule has 0 spiro atoms. The molecule has 10 nitrogen and oxygen atoms in total. The molecule has 0 bridgehead atoms. The Hall–Kier alpha value is -3.08. The Bertz CT molecular complexity index is 779. The molecule has 0 saturated carbocycles. The second kappa shape index (κ2) is 8.85. The average Bonchev–Trinajstić information content (AvgIpc) is 2.92. The van der Waals surface area contributed by atoms with Crippen molar-refractivity contribution in [1.29, 1.82) is 0 Å². The van der Waals surface area contributed by atoms with Gasteiger partial charge in [-0.05, 0) is 23.8 Å². The van der Waals surface area contributed by atoms with E-state index in [1.54, 1.807) is 18.2 Å². The number of carboxylic acid groups (broad SMARTS) is 1. The van der Waals surface area contributed by atoms with Crippen molar-refractivity contribution in [2.24, 2.45) is 15.9 Å². The number of methoxy groups -OCH3 is 1. The molecule has 1 atom stereocenters. The molecule has 0 aliphatic carbocycles. The molecule has 2 amide bonds. The topological polar surface area (TPSA) is 153 Å². The van der Waals surface area contributed by atoms with Crippen LogP contribution in [0.1, 0.15) is 12.0 Å². The number of carbonyl (C=O) groups is 3. The summed E-state index contributed by atoms with van der Waals surface area (Å²) in [5.74, 6) is -1.35. The van der Waals surface area contributed by atoms with Crippen LogP contribution in [0, 0.1) is 0 Å². The Morgan fingerprint density at radius 3 is 2.85 bits per heavy atom. The number of carbonyl (C=O) groups excluding carboxylic acids is 2. The fourth-order valence-corrected chi connectivity index (χ4v) is 2.84. The maximum atomic E-state index is 11.6. The normalized spacial score (nSPS) is 18.1. The summed E-state index contributed by atoms with van der Waals surface area (Å²) in [5.41, 5.74) is 5.66. The van der Waals surface area contributed by atoms with E-state index >= 15 is 0 Å². The number of hydrogen-bond donors (Lipinski definition) is 3. The number of aliphatic carboxylic acids is 1. The van der Waals surface area contributed by atoms with Gasteiger partial charge in [0.1, 0.15) is 5.25 Å². The molecular weight excluding hydrogens is 364 g/mol. The summed E-state index contributed by atoms with van der Waals surface area (Å²) in [6.45, 7) is -0.272. The number of amidine groups is 1. The van der Waals surface area contributed by atoms with Gasteiger partial charge in [0, 0.05) is 0 Å². The third-order valence-corrected chi connectivity index (χ3v) is 4.12. The van der Waals surface area contributed by atoms with Gasteiger partial charge in [-0.25, -0.2) is 0 Å². The number of thioether (sulfide) groups is 1. The van der Waals surface area contributed by atoms with Crippen LogP contribution in [0.5, 0.6) is 11.5 Å². The molecule has 1 saturated heterocycles. The van der Waals surface area contributed by atoms with Gasteiger partial charge in [-0.1, -0.05) is 11.8 Å². The summed E-state index contributed by atoms with van der Waals surface area (Å²) >= 11 is 1.01. The van der Waals surface area contributed by atoms with Crippen molar-refractivity contribution in [3.05, 3.63) is 23.8 Å². The minimum absolute atomic E-state index is 0.228. The number of primary amides is 1. The van der Waals surface area contributed by atoms with E-state index in [0.29, 0.717) is 17.1 Å². The lowest BCUT2D eigenvalue weighted by atomic mass is 10.2. The number of hydrogen-bond acceptors (Lipinski definition) is 8. The second-order valence-corrected chi connectivity index (χ2v) is 6.20. The van der Waals surface area contributed by atoms with E-state index in [1.165, 1.54) is 13.3 Å². The van der Waals surface area contributed by atoms with Crippen LogP contribution < -0.4 is 20.5 Å². The number of carboxylic acids is 1. The van der Waals surface area contributed by atoms with Crippen LogP contribution in [0.3, 0.4) is 0 Å². The minimum Gasteiger partial charge on any atom is -0.493 e. The van der Waals surface area contributed by atoms with Gasteiger partial charge in [0.05, 0.1) is 19.7 Å². The summed E-state index contributed by atoms with van der Waals surface area (Å²) in [4.78, 5) is 33.0. The van der Waals surface area contributed by atoms with E-state index < -0.39 is 23.0 Å². The smallest absolute Gasteiger partial charge is 0.305 e. The molecule has 1 heterocycles. The zero-order valence-corrected chi connectivity index (χ0v) is 14.5. The number of benzene rings is 1. The lowest BCUT2D eigenvalue weighted by Gasteiger charge is -2.09. The molecule has 2 rings (SSSR count). The average molecular weight is 380 g/mol. The van der Waals surface area contributed by atoms with Crippen molar-refractivity contribution in [2.75, 3.05) is 13.7 Å². The molecule has 1 aliphatic rings. The first-order valence-corrected chi connectivity index (χ1v) is 8.16. The quantitative estimate of drug-likeness (QED) is 0.422. The Morgan fingerprint density at radius 1 is 1.42 bits per heavy atom. The highest BCUT2D eigenvalue weighted by Crippen LogP contribution is 2.27. The van der Waals surface area contributed by atoms with Crippen LogP contribution in [0.4, 0.5) is 0 Å². The van der Waals surface area contributed by atoms with Gasteiger partial charge in [0.15, 0.2) is 23.3 Å². The Labute approximate surface area is 152 Å². The lowest BCUT2D eigenvalue weighted by Crippen LogP contribution is -2.26. The van der Waals surface area contributed by atoms with Crippen LogP contribution in [0.25, 0.3) is 0 Å². The standard InChI is InChI=1S/C15H16N4O6S/c1-24-10-4-8(2-3-9(10)25-7-12(16)20)6-17-19-15-18-14(23)11(26-15)5-13(21)22/h2-4,6,11H,5,7H2,1H3,(H2,16,20)(H,21,22)(H,18,19,23). The molecule has 26 heavy (non-hydrogen) atoms. The van der Waals surface area contributed by atoms with Crippen molar-refractivity contribution in [3.63, 3.8) is 0 Å². The van der Waals surface area contributed by atoms with Crippen LogP contribution in [0.15, 0.2) is 28.4 Å². The van der Waals surface area contributed by atoms with Crippen LogP contribution >= 0.6 is 11.8 Å². The molecule has 1 aromatic rings. The predicted octanol–water partition coefficient (Wildman–Crippen LogP) is -0.0445. The fraction of sp³-hybridized carbons (Fsp3) is 0.267. The van der Waals surface area contributed by atoms with Crippen molar-refractivity contribution in [3.8, 4) is 11.5 Å². The predicted molar refractivity (Wildman–Crippen MR) is 94.5 cm³/mol. The summed E-state index contributed by atoms with van der Waals surface area (Å²) in [6.07, 6.45) is 1.13. The van der Waals surface area contributed by atoms with Gasteiger partial charge < -0.3 is 25.6 Å². The Kier molecular flexibility index (Phi) is 6.55. The maximum Gasteiger partial charge on any atom is 0.305 e. The van der Waals surface area contributed by atoms with Crippen LogP contribution in [-0.4, -0.2) is 53.2 Å². The zero-order valence-electron chi connectivity index (χ0n) is 13.7. The van der Waals surface area contributed by atoms with Gasteiger partial charge in [-0.15, -0.1) is 5.10 Å². The van der Waals surface area contributed by atoms with Crippen LogP contribution in [0.2, 0.25) is 0 Å². The summed E-state index contributed by atoms with van der Waals surface area (Å²) in [6, 6.07) is 4.87. The first-order valence-electron chi connectivity index (χ1n) is 7.28. The first-order chi connectivity index (χ1) is 12.4. The van der Waals surface area contributed by atoms with E-state index in [4.69, 9.17) is 20.3 Å². The molecule has 1 aromatic carbocycles. The van der Waals surface area contributed by atoms with Gasteiger partial charge in [-0.2, -0.15) is 5.10 Å². The fourth-order valence-electron chi connectivity index (χ4n) is 1.93. The molecule has 0 radical (unpaired) electrons. The SMILES string of the molecule is COc1cc(C=NN=C2NC(=O)C(CC(=O)O)S2)ccc1OCC(N)=O. The Balaban J connectivity index is 2.03. The summed E-state index contributed by atoms with van der Waals surface area (Å²) < 4.78 is 10.4. The van der Waals surface area contributed by atoms with E-state index in [1.807, 2.05) is 0 Å². The molecule has 1 fully saturated rings. The van der Waals surface area contributed by atoms with Gasteiger partial charge in [0.2, 0.25) is 5.91 Å². The first kappa shape index (κ1) is 19.2. The number of nitrogens with zero attached hydrogens (tertiary/aromatic N) is 2. The third-order valence-electron chi connectivity index (χ3n) is 3.05. The number of nitrogens with one attached hydrogen (secondary N) is 1. The number of rotatable bonds is 8. The maximum absolute atomic E-state index is 11.6. The van der Waals surface area contributed by atoms with Crippen LogP contribution in [-0.2, 0) is 14.4 Å². The lowest BCUT2D eigenvalue weighted by molar-refractivity contribution is -0.138. The highest BCUT2D eigenvalue weighted by Gasteiger charge is 2.32. The summed E-state index contributed by atoms with van der Waals surface area (Å²) in [7, 11) is 1.45. The number of amides is 2. The molecule has 1 aliphatic heterocycles. The number of ether oxygens (including phenoxy) is 2. The van der Waals surface area contributed by atoms with Gasteiger partial charge in [0.25, 0.3) is 5.91 Å². The third kappa shape index (κ3) is 5.48. The molecule has 1 unspecified atom stereocenters. The van der Waals surface area contributed by atoms with E-state index in [0.717, 1.165) is 11.8 Å². The molecular formula is C15H16N4O6S. The highest BCUT2D eigenvalue weighted by molar-refractivity contribution is 8.15. The van der Waals surface area contributed by atoms with Crippen molar-refractivity contribution < 1.29 is 29.0 Å². The molecule has 138 valence electrons. The van der Waals surface area contributed by atoms with Crippen molar-refractivity contribution in [2.45, 2.75) is 11.7 Å². The second-order valence-electron chi connectivity index (χ2n) is 5.01. The zero-order chi connectivity index (χ0) is 19.1. The Morgan fingerprint density at radius 2 is 2.19 bits per heavy atom. The van der Waals surface area contributed by atoms with E-state index in [2.05, 4.69) is 15.5 Å². The number of nitrogens with two attached hydrogens (primary N) is 1. The monoisotopic (exact) mass is 380 g/mol. The highest BCUT2D eigenvalue weighted by atomic mass is 32.2. The molecule has 11 heteroatoms. The van der Waals surface area contributed by atoms with Gasteiger partial charge in [-0.3, -0.25) is 14.4 Å². The van der Waals surface area contributed by atoms with Crippen molar-refractivity contribution in [1.82, 2.24) is 5.32 Å². The summed E-state index contributed by atoms with van der Waals surface area (Å²) in [5, 5.41) is 18.4. The molecule has 0 aromatic heterocycles. The van der Waals surface area contributed by atoms with Gasteiger partial charge >= 0.3 is 5.97 Å². The molecule has 4 N–H and O–H groups in total. The largest absolute Gasteiger partial charge is 0.493 e. The van der Waals surface area contributed by atoms with E-state index in [-0.39, 0.29) is 18.2 Å².